The molecule has 3 N–H and O–H groups in total. The van der Waals surface area contributed by atoms with Crippen molar-refractivity contribution in [3.63, 3.8) is 0 Å². The molecule has 0 unspecified atom stereocenters. The Labute approximate surface area is 117 Å². The minimum atomic E-state index is -0.994. The first-order chi connectivity index (χ1) is 9.63. The maximum Gasteiger partial charge on any atom is 0.326 e. The van der Waals surface area contributed by atoms with Crippen LogP contribution < -0.4 is 5.73 Å². The molecule has 108 valence electrons. The summed E-state index contributed by atoms with van der Waals surface area (Å²) >= 11 is 0. The van der Waals surface area contributed by atoms with Crippen molar-refractivity contribution in [2.45, 2.75) is 19.0 Å². The van der Waals surface area contributed by atoms with Crippen molar-refractivity contribution in [1.29, 1.82) is 0 Å². The molecule has 1 atom stereocenters. The molecule has 1 aromatic rings. The normalized spacial score (nSPS) is 17.6. The van der Waals surface area contributed by atoms with Gasteiger partial charge in [0.1, 0.15) is 12.6 Å². The van der Waals surface area contributed by atoms with Gasteiger partial charge in [-0.3, -0.25) is 4.79 Å². The molecule has 1 aromatic carbocycles. The molecule has 1 aliphatic heterocycles. The average Bonchev–Trinajstić information content (AvgIpc) is 2.46. The maximum absolute atomic E-state index is 12.1. The fourth-order valence-corrected chi connectivity index (χ4v) is 2.33. The molecule has 0 fully saturated rings. The maximum atomic E-state index is 12.1. The van der Waals surface area contributed by atoms with Gasteiger partial charge in [0.25, 0.3) is 0 Å². The number of carbonyl (C=O) groups is 2. The Kier molecular flexibility index (Phi) is 4.70. The van der Waals surface area contributed by atoms with E-state index in [1.165, 1.54) is 4.90 Å². The van der Waals surface area contributed by atoms with Crippen LogP contribution in [0.25, 0.3) is 0 Å². The lowest BCUT2D eigenvalue weighted by Gasteiger charge is -2.34. The second kappa shape index (κ2) is 6.49. The minimum absolute atomic E-state index is 0.136. The summed E-state index contributed by atoms with van der Waals surface area (Å²) in [5, 5.41) is 9.30. The lowest BCUT2D eigenvalue weighted by Crippen LogP contribution is -2.49. The molecule has 0 aromatic heterocycles. The lowest BCUT2D eigenvalue weighted by molar-refractivity contribution is -0.153. The van der Waals surface area contributed by atoms with E-state index in [1.54, 1.807) is 0 Å². The average molecular weight is 278 g/mol. The molecule has 6 nitrogen and oxygen atoms in total. The highest BCUT2D eigenvalue weighted by atomic mass is 16.5. The number of carboxylic acid groups (broad SMARTS) is 1. The summed E-state index contributed by atoms with van der Waals surface area (Å²) in [6.45, 7) is 0.785. The third-order valence-corrected chi connectivity index (χ3v) is 3.34. The van der Waals surface area contributed by atoms with E-state index in [9.17, 15) is 14.7 Å². The van der Waals surface area contributed by atoms with Gasteiger partial charge in [-0.1, -0.05) is 24.3 Å². The lowest BCUT2D eigenvalue weighted by atomic mass is 9.94. The van der Waals surface area contributed by atoms with E-state index in [-0.39, 0.29) is 19.1 Å². The fraction of sp³-hybridized carbons (Fsp3) is 0.429. The molecule has 0 saturated carbocycles. The molecule has 0 aliphatic carbocycles. The molecule has 20 heavy (non-hydrogen) atoms. The number of fused-ring (bicyclic) bond motifs is 1. The molecular formula is C14H18N2O4. The van der Waals surface area contributed by atoms with Gasteiger partial charge in [0.2, 0.25) is 5.91 Å². The molecule has 0 spiro atoms. The number of hydrogen-bond acceptors (Lipinski definition) is 4. The van der Waals surface area contributed by atoms with E-state index in [2.05, 4.69) is 0 Å². The quantitative estimate of drug-likeness (QED) is 0.740. The van der Waals surface area contributed by atoms with Crippen molar-refractivity contribution in [3.8, 4) is 0 Å². The van der Waals surface area contributed by atoms with Crippen LogP contribution in [0.5, 0.6) is 0 Å². The van der Waals surface area contributed by atoms with E-state index in [4.69, 9.17) is 10.5 Å². The Balaban J connectivity index is 2.13. The van der Waals surface area contributed by atoms with Crippen LogP contribution in [0.15, 0.2) is 24.3 Å². The molecular weight excluding hydrogens is 260 g/mol. The summed E-state index contributed by atoms with van der Waals surface area (Å²) in [5.41, 5.74) is 7.25. The van der Waals surface area contributed by atoms with E-state index >= 15 is 0 Å². The Morgan fingerprint density at radius 2 is 2.05 bits per heavy atom. The third kappa shape index (κ3) is 3.15. The summed E-state index contributed by atoms with van der Waals surface area (Å²) in [7, 11) is 0. The number of carboxylic acids is 1. The third-order valence-electron chi connectivity index (χ3n) is 3.34. The zero-order valence-electron chi connectivity index (χ0n) is 11.1. The molecule has 0 bridgehead atoms. The summed E-state index contributed by atoms with van der Waals surface area (Å²) < 4.78 is 5.10. The van der Waals surface area contributed by atoms with E-state index in [0.29, 0.717) is 19.5 Å². The van der Waals surface area contributed by atoms with Gasteiger partial charge in [0.15, 0.2) is 0 Å². The standard InChI is InChI=1S/C14H18N2O4/c15-5-6-20-9-13(17)16-8-11-4-2-1-3-10(11)7-12(16)14(18)19/h1-4,12H,5-9,15H2,(H,18,19)/t12-/m1/s1. The van der Waals surface area contributed by atoms with Crippen LogP contribution in [0.1, 0.15) is 11.1 Å². The molecule has 6 heteroatoms. The summed E-state index contributed by atoms with van der Waals surface area (Å²) in [6, 6.07) is 6.73. The zero-order chi connectivity index (χ0) is 14.5. The SMILES string of the molecule is NCCOCC(=O)N1Cc2ccccc2C[C@@H]1C(=O)O. The van der Waals surface area contributed by atoms with Crippen LogP contribution in [0.3, 0.4) is 0 Å². The molecule has 1 amide bonds. The van der Waals surface area contributed by atoms with Crippen molar-refractivity contribution in [3.05, 3.63) is 35.4 Å². The van der Waals surface area contributed by atoms with E-state index < -0.39 is 12.0 Å². The molecule has 1 heterocycles. The smallest absolute Gasteiger partial charge is 0.326 e. The van der Waals surface area contributed by atoms with Crippen LogP contribution >= 0.6 is 0 Å². The highest BCUT2D eigenvalue weighted by Crippen LogP contribution is 2.23. The number of amides is 1. The van der Waals surface area contributed by atoms with Gasteiger partial charge < -0.3 is 20.5 Å². The van der Waals surface area contributed by atoms with Crippen molar-refractivity contribution >= 4 is 11.9 Å². The number of nitrogens with zero attached hydrogens (tertiary/aromatic N) is 1. The van der Waals surface area contributed by atoms with Gasteiger partial charge in [-0.15, -0.1) is 0 Å². The molecule has 1 aliphatic rings. The van der Waals surface area contributed by atoms with Gasteiger partial charge in [-0.05, 0) is 11.1 Å². The predicted octanol–water partition coefficient (Wildman–Crippen LogP) is -0.000200. The van der Waals surface area contributed by atoms with Crippen LogP contribution in [-0.4, -0.2) is 47.7 Å². The zero-order valence-corrected chi connectivity index (χ0v) is 11.1. The van der Waals surface area contributed by atoms with E-state index in [0.717, 1.165) is 11.1 Å². The molecule has 0 radical (unpaired) electrons. The first kappa shape index (κ1) is 14.5. The van der Waals surface area contributed by atoms with E-state index in [1.807, 2.05) is 24.3 Å². The van der Waals surface area contributed by atoms with Gasteiger partial charge in [0, 0.05) is 19.5 Å². The number of ether oxygens (including phenoxy) is 1. The number of rotatable bonds is 5. The summed E-state index contributed by atoms with van der Waals surface area (Å²) in [5.74, 6) is -1.31. The largest absolute Gasteiger partial charge is 0.480 e. The summed E-state index contributed by atoms with van der Waals surface area (Å²) in [6.07, 6.45) is 0.328. The van der Waals surface area contributed by atoms with Gasteiger partial charge in [0.05, 0.1) is 6.61 Å². The minimum Gasteiger partial charge on any atom is -0.480 e. The van der Waals surface area contributed by atoms with Gasteiger partial charge in [-0.2, -0.15) is 0 Å². The first-order valence-electron chi connectivity index (χ1n) is 6.50. The highest BCUT2D eigenvalue weighted by molar-refractivity contribution is 5.85. The number of hydrogen-bond donors (Lipinski definition) is 2. The molecule has 0 saturated heterocycles. The van der Waals surface area contributed by atoms with Crippen molar-refractivity contribution in [1.82, 2.24) is 4.90 Å². The van der Waals surface area contributed by atoms with Crippen LogP contribution in [-0.2, 0) is 27.3 Å². The van der Waals surface area contributed by atoms with Crippen LogP contribution in [0, 0.1) is 0 Å². The Morgan fingerprint density at radius 3 is 2.70 bits per heavy atom. The number of carbonyl (C=O) groups excluding carboxylic acids is 1. The van der Waals surface area contributed by atoms with Crippen molar-refractivity contribution < 1.29 is 19.4 Å². The van der Waals surface area contributed by atoms with Crippen molar-refractivity contribution in [2.24, 2.45) is 5.73 Å². The Morgan fingerprint density at radius 1 is 1.35 bits per heavy atom. The fourth-order valence-electron chi connectivity index (χ4n) is 2.33. The van der Waals surface area contributed by atoms with Gasteiger partial charge in [-0.25, -0.2) is 4.79 Å². The van der Waals surface area contributed by atoms with Gasteiger partial charge >= 0.3 is 5.97 Å². The number of aliphatic carboxylic acids is 1. The topological polar surface area (TPSA) is 92.9 Å². The summed E-state index contributed by atoms with van der Waals surface area (Å²) in [4.78, 5) is 24.8. The van der Waals surface area contributed by atoms with Crippen molar-refractivity contribution in [2.75, 3.05) is 19.8 Å². The highest BCUT2D eigenvalue weighted by Gasteiger charge is 2.34. The number of benzene rings is 1. The first-order valence-corrected chi connectivity index (χ1v) is 6.50. The van der Waals surface area contributed by atoms with Crippen LogP contribution in [0.2, 0.25) is 0 Å². The second-order valence-electron chi connectivity index (χ2n) is 4.69. The predicted molar refractivity (Wildman–Crippen MR) is 72.0 cm³/mol. The second-order valence-corrected chi connectivity index (χ2v) is 4.69. The monoisotopic (exact) mass is 278 g/mol. The number of nitrogens with two attached hydrogens (primary N) is 1. The Hall–Kier alpha value is -1.92. The Bertz CT molecular complexity index is 504. The molecule has 2 rings (SSSR count). The van der Waals surface area contributed by atoms with Crippen LogP contribution in [0.4, 0.5) is 0 Å².